The van der Waals surface area contributed by atoms with E-state index in [9.17, 15) is 14.7 Å². The Morgan fingerprint density at radius 2 is 2.03 bits per heavy atom. The molecule has 3 rings (SSSR count). The summed E-state index contributed by atoms with van der Waals surface area (Å²) in [5.41, 5.74) is -1.20. The van der Waals surface area contributed by atoms with E-state index in [0.29, 0.717) is 13.0 Å². The fourth-order valence-corrected chi connectivity index (χ4v) is 3.86. The van der Waals surface area contributed by atoms with E-state index in [4.69, 9.17) is 19.1 Å². The molecule has 0 aliphatic carbocycles. The average molecular weight is 411 g/mol. The Bertz CT molecular complexity index is 686. The van der Waals surface area contributed by atoms with Gasteiger partial charge in [0.15, 0.2) is 5.76 Å². The first kappa shape index (κ1) is 22.9. The predicted molar refractivity (Wildman–Crippen MR) is 102 cm³/mol. The first-order valence-electron chi connectivity index (χ1n) is 9.46. The van der Waals surface area contributed by atoms with Gasteiger partial charge in [-0.25, -0.2) is 0 Å². The van der Waals surface area contributed by atoms with E-state index in [2.05, 4.69) is 15.5 Å². The number of furan rings is 1. The molecule has 29 heavy (non-hydrogen) atoms. The second kappa shape index (κ2) is 9.86. The van der Waals surface area contributed by atoms with Gasteiger partial charge in [0.1, 0.15) is 6.10 Å². The minimum Gasteiger partial charge on any atom is -0.483 e. The number of nitrogens with one attached hydrogen (secondary N) is 2. The Labute approximate surface area is 169 Å². The highest BCUT2D eigenvalue weighted by atomic mass is 16.5. The van der Waals surface area contributed by atoms with Crippen molar-refractivity contribution in [3.05, 3.63) is 24.2 Å². The van der Waals surface area contributed by atoms with E-state index in [1.165, 1.54) is 6.26 Å². The molecule has 0 saturated carbocycles. The molecule has 2 atom stereocenters. The number of carboxylic acid groups (broad SMARTS) is 1. The zero-order valence-electron chi connectivity index (χ0n) is 16.7. The van der Waals surface area contributed by atoms with Gasteiger partial charge in [-0.2, -0.15) is 0 Å². The molecular weight excluding hydrogens is 382 g/mol. The van der Waals surface area contributed by atoms with Crippen LogP contribution in [0, 0.1) is 0 Å². The highest BCUT2D eigenvalue weighted by molar-refractivity contribution is 5.92. The molecule has 2 fully saturated rings. The van der Waals surface area contributed by atoms with E-state index in [0.717, 1.165) is 25.9 Å². The Morgan fingerprint density at radius 3 is 2.59 bits per heavy atom. The first-order chi connectivity index (χ1) is 13.8. The van der Waals surface area contributed by atoms with Crippen molar-refractivity contribution in [1.82, 2.24) is 15.5 Å². The predicted octanol–water partition coefficient (Wildman–Crippen LogP) is -0.169. The second-order valence-corrected chi connectivity index (χ2v) is 7.59. The molecule has 10 heteroatoms. The van der Waals surface area contributed by atoms with Crippen molar-refractivity contribution in [1.29, 1.82) is 0 Å². The van der Waals surface area contributed by atoms with Crippen LogP contribution in [0.15, 0.2) is 22.8 Å². The molecular formula is C19H29N3O7. The minimum atomic E-state index is -0.801. The summed E-state index contributed by atoms with van der Waals surface area (Å²) in [6.07, 6.45) is 2.67. The molecule has 1 aromatic rings. The van der Waals surface area contributed by atoms with Crippen LogP contribution in [-0.4, -0.2) is 83.9 Å². The fourth-order valence-electron chi connectivity index (χ4n) is 3.86. The topological polar surface area (TPSA) is 141 Å². The van der Waals surface area contributed by atoms with Gasteiger partial charge >= 0.3 is 0 Å². The lowest BCUT2D eigenvalue weighted by Gasteiger charge is -2.51. The van der Waals surface area contributed by atoms with E-state index >= 15 is 0 Å². The summed E-state index contributed by atoms with van der Waals surface area (Å²) < 4.78 is 11.2. The van der Waals surface area contributed by atoms with Crippen LogP contribution in [0.1, 0.15) is 36.7 Å². The zero-order valence-corrected chi connectivity index (χ0v) is 16.7. The van der Waals surface area contributed by atoms with Crippen LogP contribution in [0.25, 0.3) is 0 Å². The third-order valence-corrected chi connectivity index (χ3v) is 5.53. The van der Waals surface area contributed by atoms with Gasteiger partial charge in [0, 0.05) is 26.6 Å². The van der Waals surface area contributed by atoms with Crippen molar-refractivity contribution in [3.63, 3.8) is 0 Å². The Morgan fingerprint density at radius 1 is 1.38 bits per heavy atom. The number of piperidine rings is 1. The number of hydrogen-bond donors (Lipinski definition) is 4. The number of ether oxygens (including phenoxy) is 1. The van der Waals surface area contributed by atoms with Crippen LogP contribution in [-0.2, 0) is 14.3 Å². The largest absolute Gasteiger partial charge is 0.483 e. The SMILES string of the molecule is CNC(=O)CN1CCC2(CC1)C[C@@](C)(NC(=O)c1ccco1)[C@H](O)CO2.O=CO. The second-order valence-electron chi connectivity index (χ2n) is 7.59. The molecule has 4 N–H and O–H groups in total. The van der Waals surface area contributed by atoms with Gasteiger partial charge in [-0.3, -0.25) is 19.3 Å². The van der Waals surface area contributed by atoms with Crippen molar-refractivity contribution in [2.45, 2.75) is 43.4 Å². The molecule has 162 valence electrons. The van der Waals surface area contributed by atoms with Crippen molar-refractivity contribution >= 4 is 18.3 Å². The van der Waals surface area contributed by atoms with Crippen LogP contribution >= 0.6 is 0 Å². The van der Waals surface area contributed by atoms with Gasteiger partial charge in [0.05, 0.1) is 30.6 Å². The number of carbonyl (C=O) groups excluding carboxylic acids is 2. The number of carbonyl (C=O) groups is 3. The maximum Gasteiger partial charge on any atom is 0.290 e. The van der Waals surface area contributed by atoms with E-state index in [1.54, 1.807) is 19.2 Å². The molecule has 2 aliphatic heterocycles. The number of hydrogen-bond acceptors (Lipinski definition) is 7. The standard InChI is InChI=1S/C18H27N3O5.CH2O2/c1-17(20-16(24)13-4-3-9-25-13)12-18(26-11-14(17)22)5-7-21(8-6-18)10-15(23)19-2;2-1-3/h3-4,9,14,22H,5-8,10-12H2,1-2H3,(H,19,23)(H,20,24);1H,(H,2,3)/t14-,17-;/m1./s1. The summed E-state index contributed by atoms with van der Waals surface area (Å²) in [7, 11) is 1.63. The molecule has 0 unspecified atom stereocenters. The molecule has 0 aromatic carbocycles. The Hall–Kier alpha value is -2.43. The van der Waals surface area contributed by atoms with Gasteiger partial charge in [0.25, 0.3) is 12.4 Å². The lowest BCUT2D eigenvalue weighted by molar-refractivity contribution is -0.177. The maximum absolute atomic E-state index is 12.4. The van der Waals surface area contributed by atoms with Gasteiger partial charge in [-0.15, -0.1) is 0 Å². The number of nitrogens with zero attached hydrogens (tertiary/aromatic N) is 1. The van der Waals surface area contributed by atoms with Crippen molar-refractivity contribution in [3.8, 4) is 0 Å². The smallest absolute Gasteiger partial charge is 0.290 e. The number of likely N-dealkylation sites (tertiary alicyclic amines) is 1. The number of amides is 2. The van der Waals surface area contributed by atoms with Crippen molar-refractivity contribution < 1.29 is 33.8 Å². The lowest BCUT2D eigenvalue weighted by Crippen LogP contribution is -2.65. The highest BCUT2D eigenvalue weighted by Gasteiger charge is 2.50. The number of rotatable bonds is 4. The summed E-state index contributed by atoms with van der Waals surface area (Å²) in [5, 5.41) is 22.9. The monoisotopic (exact) mass is 411 g/mol. The fraction of sp³-hybridized carbons (Fsp3) is 0.632. The lowest BCUT2D eigenvalue weighted by atomic mass is 9.74. The minimum absolute atomic E-state index is 0.00326. The average Bonchev–Trinajstić information content (AvgIpc) is 3.23. The van der Waals surface area contributed by atoms with Gasteiger partial charge < -0.3 is 30.0 Å². The molecule has 1 aromatic heterocycles. The normalized spacial score (nSPS) is 26.1. The molecule has 0 radical (unpaired) electrons. The van der Waals surface area contributed by atoms with E-state index in [-0.39, 0.29) is 30.7 Å². The van der Waals surface area contributed by atoms with Crippen LogP contribution in [0.5, 0.6) is 0 Å². The molecule has 0 bridgehead atoms. The molecule has 2 amide bonds. The first-order valence-corrected chi connectivity index (χ1v) is 9.46. The number of aliphatic hydroxyl groups excluding tert-OH is 1. The summed E-state index contributed by atoms with van der Waals surface area (Å²) in [4.78, 5) is 34.4. The number of likely N-dealkylation sites (N-methyl/N-ethyl adjacent to an activating group) is 1. The van der Waals surface area contributed by atoms with Crippen molar-refractivity contribution in [2.75, 3.05) is 33.3 Å². The molecule has 3 heterocycles. The zero-order chi connectivity index (χ0) is 21.5. The molecule has 2 aliphatic rings. The summed E-state index contributed by atoms with van der Waals surface area (Å²) in [5.74, 6) is -0.124. The van der Waals surface area contributed by atoms with Crippen LogP contribution in [0.3, 0.4) is 0 Å². The van der Waals surface area contributed by atoms with Gasteiger partial charge in [-0.05, 0) is 31.9 Å². The van der Waals surface area contributed by atoms with Crippen LogP contribution in [0.2, 0.25) is 0 Å². The molecule has 2 saturated heterocycles. The highest BCUT2D eigenvalue weighted by Crippen LogP contribution is 2.39. The summed E-state index contributed by atoms with van der Waals surface area (Å²) in [6.45, 7) is 3.63. The van der Waals surface area contributed by atoms with Crippen LogP contribution < -0.4 is 10.6 Å². The van der Waals surface area contributed by atoms with Crippen molar-refractivity contribution in [2.24, 2.45) is 0 Å². The summed E-state index contributed by atoms with van der Waals surface area (Å²) >= 11 is 0. The summed E-state index contributed by atoms with van der Waals surface area (Å²) in [6, 6.07) is 3.25. The third kappa shape index (κ3) is 5.78. The van der Waals surface area contributed by atoms with E-state index < -0.39 is 17.2 Å². The Balaban J connectivity index is 0.000000941. The van der Waals surface area contributed by atoms with Crippen LogP contribution in [0.4, 0.5) is 0 Å². The van der Waals surface area contributed by atoms with E-state index in [1.807, 2.05) is 6.92 Å². The maximum atomic E-state index is 12.4. The van der Waals surface area contributed by atoms with Gasteiger partial charge in [-0.1, -0.05) is 0 Å². The molecule has 10 nitrogen and oxygen atoms in total. The number of aliphatic hydroxyl groups is 1. The third-order valence-electron chi connectivity index (χ3n) is 5.53. The molecule has 1 spiro atoms. The Kier molecular flexibility index (Phi) is 7.77. The quantitative estimate of drug-likeness (QED) is 0.501. The van der Waals surface area contributed by atoms with Gasteiger partial charge in [0.2, 0.25) is 5.91 Å².